The van der Waals surface area contributed by atoms with Gasteiger partial charge in [-0.15, -0.1) is 0 Å². The Morgan fingerprint density at radius 2 is 0.695 bits per heavy atom. The number of fused-ring (bicyclic) bond motifs is 2. The van der Waals surface area contributed by atoms with Gasteiger partial charge in [-0.2, -0.15) is 18.4 Å². The maximum absolute atomic E-state index is 12.8. The van der Waals surface area contributed by atoms with Gasteiger partial charge in [0, 0.05) is 69.1 Å². The minimum absolute atomic E-state index is 0.119. The van der Waals surface area contributed by atoms with E-state index in [1.165, 1.54) is 61.4 Å². The summed E-state index contributed by atoms with van der Waals surface area (Å²) >= 11 is 0. The number of benzene rings is 14. The second-order valence-electron chi connectivity index (χ2n) is 23.6. The highest BCUT2D eigenvalue weighted by Gasteiger charge is 2.36. The summed E-state index contributed by atoms with van der Waals surface area (Å²) < 4.78 is 39.8. The van der Waals surface area contributed by atoms with Gasteiger partial charge in [0.05, 0.1) is 65.7 Å². The molecule has 0 N–H and O–H groups in total. The second-order valence-corrected chi connectivity index (χ2v) is 35.7. The molecule has 2 atom stereocenters. The first-order chi connectivity index (χ1) is 51.4. The Bertz CT molecular complexity index is 4990. The molecule has 16 rings (SSSR count). The summed E-state index contributed by atoms with van der Waals surface area (Å²) in [4.78, 5) is 26.7. The molecule has 0 spiro atoms. The molecule has 0 aliphatic carbocycles. The average Bonchev–Trinajstić information content (AvgIpc) is 1.78. The Morgan fingerprint density at radius 3 is 1.07 bits per heavy atom. The van der Waals surface area contributed by atoms with E-state index in [-0.39, 0.29) is 42.9 Å². The van der Waals surface area contributed by atoms with Crippen LogP contribution in [0.3, 0.4) is 0 Å². The zero-order chi connectivity index (χ0) is 73.0. The van der Waals surface area contributed by atoms with Crippen molar-refractivity contribution < 1.29 is 18.1 Å². The smallest absolute Gasteiger partial charge is 0.258 e. The Morgan fingerprint density at radius 1 is 0.371 bits per heavy atom. The number of halogens is 3. The molecule has 0 amide bonds. The van der Waals surface area contributed by atoms with Gasteiger partial charge in [0.2, 0.25) is 0 Å². The molecule has 4 nitrogen and oxygen atoms in total. The number of nitriles is 1. The summed E-state index contributed by atoms with van der Waals surface area (Å²) in [6.07, 6.45) is 1.40. The maximum atomic E-state index is 12.8. The number of non-ortho nitro benzene ring substituents is 1. The number of hydrogen-bond donors (Lipinski definition) is 0. The fourth-order valence-electron chi connectivity index (χ4n) is 11.3. The molecular weight excluding hydrogens is 1410 g/mol. The molecule has 0 fully saturated rings. The molecule has 15 aromatic rings. The number of rotatable bonds is 13. The SMILES string of the molecule is C[S+](C)c1ccccc1.FC(F)(F)c1ccc([S+](c2ccccc2)c2ccccc2)cc1.N#Cc1ccc([S+](c2ccccc2)c2ccccc2)cc1.O=[N+]([O-])c1ccc([S+](c2ccccc2)c2ccccc2)cc1.c1ccc(-[s+]2ccc3ccccc32)cc1.c1ccc([S+]2CCc3ccccc32)cc1. The molecule has 105 heavy (non-hydrogen) atoms. The zero-order valence-corrected chi connectivity index (χ0v) is 62.8. The number of nitro benzene ring substituents is 1. The lowest BCUT2D eigenvalue weighted by atomic mass is 10.2. The van der Waals surface area contributed by atoms with Crippen LogP contribution in [0.1, 0.15) is 16.7 Å². The first kappa shape index (κ1) is 75.6. The molecule has 2 unspecified atom stereocenters. The fraction of sp³-hybridized carbons (Fsp3) is 0.0543. The van der Waals surface area contributed by atoms with E-state index in [4.69, 9.17) is 5.26 Å². The summed E-state index contributed by atoms with van der Waals surface area (Å²) in [5.41, 5.74) is 1.74. The highest BCUT2D eigenvalue weighted by atomic mass is 32.2. The van der Waals surface area contributed by atoms with Crippen molar-refractivity contribution >= 4 is 80.7 Å². The van der Waals surface area contributed by atoms with Crippen LogP contribution in [0.2, 0.25) is 0 Å². The number of aryl methyl sites for hydroxylation is 1. The Hall–Kier alpha value is -10.5. The van der Waals surface area contributed by atoms with Crippen molar-refractivity contribution in [1.82, 2.24) is 0 Å². The largest absolute Gasteiger partial charge is 0.416 e. The van der Waals surface area contributed by atoms with Gasteiger partial charge in [0.25, 0.3) is 5.69 Å². The first-order valence-corrected chi connectivity index (χ1v) is 42.3. The number of alkyl halides is 3. The predicted octanol–water partition coefficient (Wildman–Crippen LogP) is 24.9. The van der Waals surface area contributed by atoms with Crippen LogP contribution in [-0.4, -0.2) is 23.2 Å². The van der Waals surface area contributed by atoms with E-state index < -0.39 is 22.6 Å². The van der Waals surface area contributed by atoms with Crippen molar-refractivity contribution in [2.75, 3.05) is 18.3 Å². The molecule has 0 saturated heterocycles. The zero-order valence-electron chi connectivity index (χ0n) is 57.9. The van der Waals surface area contributed by atoms with Crippen molar-refractivity contribution in [3.63, 3.8) is 0 Å². The summed E-state index contributed by atoms with van der Waals surface area (Å²) in [5, 5.41) is 23.5. The molecule has 0 saturated carbocycles. The van der Waals surface area contributed by atoms with Crippen LogP contribution >= 0.6 is 10.5 Å². The van der Waals surface area contributed by atoms with Crippen molar-refractivity contribution in [3.8, 4) is 11.0 Å². The van der Waals surface area contributed by atoms with Crippen molar-refractivity contribution in [3.05, 3.63) is 433 Å². The van der Waals surface area contributed by atoms with Crippen molar-refractivity contribution in [2.45, 2.75) is 71.3 Å². The number of nitrogens with zero attached hydrogens (tertiary/aromatic N) is 2. The lowest BCUT2D eigenvalue weighted by Gasteiger charge is -2.10. The van der Waals surface area contributed by atoms with Crippen LogP contribution in [0.5, 0.6) is 0 Å². The standard InChI is InChI=1S/C19H14F3S.C19H14NS.C18H14NO2S.C14H13S.C14H11S.C8H11S/c20-19(21,22)15-11-13-18(14-12-15)23(16-7-3-1-4-8-16)17-9-5-2-6-10-17;20-15-16-11-13-19(14-12-16)21(17-7-3-1-4-8-17)18-9-5-2-6-10-18;20-19(21)15-11-13-18(14-12-15)22(16-7-3-1-4-8-16)17-9-5-2-6-10-17;2*1-2-7-13(8-3-1)15-11-10-12-6-4-5-9-14(12)15;1-9(2)8-6-4-3-5-7-8/h1-14H;1-14H;1-14H;1-9H,10-11H2;1-11H;3-7H,1-2H3/q6*+1. The van der Waals surface area contributed by atoms with Crippen molar-refractivity contribution in [2.24, 2.45) is 0 Å². The summed E-state index contributed by atoms with van der Waals surface area (Å²) in [6.45, 7) is 0. The van der Waals surface area contributed by atoms with Crippen LogP contribution in [0.4, 0.5) is 18.9 Å². The third-order valence-corrected chi connectivity index (χ3v) is 28.7. The van der Waals surface area contributed by atoms with Crippen LogP contribution in [0.15, 0.2) is 465 Å². The molecule has 1 aromatic heterocycles. The minimum Gasteiger partial charge on any atom is -0.258 e. The molecule has 0 radical (unpaired) electrons. The lowest BCUT2D eigenvalue weighted by Crippen LogP contribution is -2.07. The van der Waals surface area contributed by atoms with E-state index in [9.17, 15) is 23.3 Å². The summed E-state index contributed by atoms with van der Waals surface area (Å²) in [5.74, 6) is 1.30. The quantitative estimate of drug-likeness (QED) is 0.0656. The molecule has 2 heterocycles. The molecule has 0 bridgehead atoms. The van der Waals surface area contributed by atoms with E-state index in [1.807, 2.05) is 133 Å². The van der Waals surface area contributed by atoms with E-state index in [0.717, 1.165) is 31.7 Å². The van der Waals surface area contributed by atoms with Gasteiger partial charge in [-0.25, -0.2) is 0 Å². The number of hydrogen-bond acceptors (Lipinski definition) is 3. The molecule has 14 aromatic carbocycles. The molecular formula is C92H77F3N2O2S6+6. The topological polar surface area (TPSA) is 66.9 Å². The Balaban J connectivity index is 0.000000128. The average molecular weight is 1490 g/mol. The molecule has 1 aliphatic rings. The first-order valence-electron chi connectivity index (χ1n) is 33.9. The van der Waals surface area contributed by atoms with Crippen LogP contribution in [0.25, 0.3) is 15.0 Å². The summed E-state index contributed by atoms with van der Waals surface area (Å²) in [6, 6.07) is 135. The highest BCUT2D eigenvalue weighted by molar-refractivity contribution is 7.98. The van der Waals surface area contributed by atoms with Crippen molar-refractivity contribution in [1.29, 1.82) is 5.26 Å². The molecule has 518 valence electrons. The minimum atomic E-state index is -4.31. The third kappa shape index (κ3) is 21.3. The van der Waals surface area contributed by atoms with Gasteiger partial charge >= 0.3 is 6.18 Å². The maximum Gasteiger partial charge on any atom is 0.416 e. The highest BCUT2D eigenvalue weighted by Crippen LogP contribution is 2.40. The van der Waals surface area contributed by atoms with Gasteiger partial charge in [0.15, 0.2) is 68.3 Å². The van der Waals surface area contributed by atoms with Gasteiger partial charge < -0.3 is 0 Å². The lowest BCUT2D eigenvalue weighted by molar-refractivity contribution is -0.384. The monoisotopic (exact) mass is 1490 g/mol. The van der Waals surface area contributed by atoms with Gasteiger partial charge in [0.1, 0.15) is 23.6 Å². The third-order valence-electron chi connectivity index (χ3n) is 16.4. The van der Waals surface area contributed by atoms with E-state index >= 15 is 0 Å². The van der Waals surface area contributed by atoms with E-state index in [2.05, 4.69) is 254 Å². The van der Waals surface area contributed by atoms with Gasteiger partial charge in [-0.3, -0.25) is 10.1 Å². The normalized spacial score (nSPS) is 12.1. The Labute approximate surface area is 632 Å². The van der Waals surface area contributed by atoms with Crippen LogP contribution in [-0.2, 0) is 67.1 Å². The molecule has 1 aliphatic heterocycles. The van der Waals surface area contributed by atoms with Crippen LogP contribution in [0, 0.1) is 21.4 Å². The second kappa shape index (κ2) is 38.8. The predicted molar refractivity (Wildman–Crippen MR) is 438 cm³/mol. The van der Waals surface area contributed by atoms with E-state index in [1.54, 1.807) is 34.7 Å². The Kier molecular flexibility index (Phi) is 28.0. The summed E-state index contributed by atoms with van der Waals surface area (Å²) in [7, 11) is 0.0992. The van der Waals surface area contributed by atoms with Gasteiger partial charge in [-0.05, 0) is 176 Å². The fourth-order valence-corrected chi connectivity index (χ4v) is 22.5. The number of thiophene rings is 1. The number of nitro groups is 1. The van der Waals surface area contributed by atoms with Gasteiger partial charge in [-0.1, -0.05) is 194 Å². The van der Waals surface area contributed by atoms with Crippen LogP contribution < -0.4 is 0 Å². The molecule has 13 heteroatoms. The van der Waals surface area contributed by atoms with E-state index in [0.29, 0.717) is 27.4 Å².